The Kier molecular flexibility index (Phi) is 4.28. The Bertz CT molecular complexity index is 1030. The van der Waals surface area contributed by atoms with Crippen LogP contribution in [0.5, 0.6) is 0 Å². The molecule has 0 saturated heterocycles. The lowest BCUT2D eigenvalue weighted by Crippen LogP contribution is -2.09. The minimum absolute atomic E-state index is 0.0687. The second-order valence-electron chi connectivity index (χ2n) is 5.44. The van der Waals surface area contributed by atoms with Crippen molar-refractivity contribution in [2.45, 2.75) is 24.4 Å². The minimum atomic E-state index is -4.44. The van der Waals surface area contributed by atoms with Crippen molar-refractivity contribution >= 4 is 20.9 Å². The van der Waals surface area contributed by atoms with Gasteiger partial charge in [-0.05, 0) is 30.3 Å². The maximum Gasteiger partial charge on any atom is 0.416 e. The molecule has 3 aromatic rings. The molecule has 5 nitrogen and oxygen atoms in total. The second-order valence-corrected chi connectivity index (χ2v) is 7.69. The number of fused-ring (bicyclic) bond motifs is 1. The highest BCUT2D eigenvalue weighted by Crippen LogP contribution is 2.31. The number of alkyl halides is 3. The van der Waals surface area contributed by atoms with E-state index in [0.29, 0.717) is 17.0 Å². The van der Waals surface area contributed by atoms with E-state index in [9.17, 15) is 21.6 Å². The molecule has 0 spiro atoms. The van der Waals surface area contributed by atoms with Crippen LogP contribution in [0.2, 0.25) is 0 Å². The molecule has 0 bridgehead atoms. The molecule has 2 aromatic heterocycles. The van der Waals surface area contributed by atoms with Crippen molar-refractivity contribution in [1.29, 1.82) is 0 Å². The monoisotopic (exact) mass is 369 g/mol. The average molecular weight is 369 g/mol. The fourth-order valence-corrected chi connectivity index (χ4v) is 3.56. The van der Waals surface area contributed by atoms with Crippen LogP contribution in [0.1, 0.15) is 24.0 Å². The number of halogens is 3. The van der Waals surface area contributed by atoms with Crippen LogP contribution in [0.15, 0.2) is 41.4 Å². The first kappa shape index (κ1) is 17.4. The van der Waals surface area contributed by atoms with E-state index in [4.69, 9.17) is 0 Å². The zero-order valence-corrected chi connectivity index (χ0v) is 13.9. The fourth-order valence-electron chi connectivity index (χ4n) is 2.48. The number of sulfone groups is 1. The smallest absolute Gasteiger partial charge is 0.342 e. The highest BCUT2D eigenvalue weighted by Gasteiger charge is 2.30. The largest absolute Gasteiger partial charge is 0.416 e. The number of rotatable bonds is 4. The Morgan fingerprint density at radius 1 is 1.20 bits per heavy atom. The summed E-state index contributed by atoms with van der Waals surface area (Å²) in [6.07, 6.45) is -2.90. The summed E-state index contributed by atoms with van der Waals surface area (Å²) in [4.78, 5) is 11.2. The normalized spacial score (nSPS) is 12.6. The number of nitrogens with zero attached hydrogens (tertiary/aromatic N) is 2. The molecule has 1 aromatic carbocycles. The Labute approximate surface area is 141 Å². The molecule has 1 N–H and O–H groups in total. The van der Waals surface area contributed by atoms with E-state index in [1.165, 1.54) is 31.3 Å². The third-order valence-corrected chi connectivity index (χ3v) is 5.56. The zero-order valence-electron chi connectivity index (χ0n) is 13.1. The van der Waals surface area contributed by atoms with Crippen LogP contribution < -0.4 is 0 Å². The third kappa shape index (κ3) is 3.51. The van der Waals surface area contributed by atoms with E-state index in [1.54, 1.807) is 0 Å². The summed E-state index contributed by atoms with van der Waals surface area (Å²) >= 11 is 0. The molecule has 0 saturated carbocycles. The molecule has 3 rings (SSSR count). The first-order valence-corrected chi connectivity index (χ1v) is 9.08. The van der Waals surface area contributed by atoms with Gasteiger partial charge in [-0.2, -0.15) is 13.2 Å². The predicted octanol–water partition coefficient (Wildman–Crippen LogP) is 3.36. The van der Waals surface area contributed by atoms with Gasteiger partial charge in [-0.1, -0.05) is 6.92 Å². The van der Waals surface area contributed by atoms with E-state index in [0.717, 1.165) is 12.1 Å². The summed E-state index contributed by atoms with van der Waals surface area (Å²) in [5.41, 5.74) is 0.140. The maximum atomic E-state index is 12.8. The van der Waals surface area contributed by atoms with E-state index in [1.807, 2.05) is 0 Å². The number of benzene rings is 1. The molecule has 2 heterocycles. The number of aromatic nitrogens is 3. The van der Waals surface area contributed by atoms with Crippen LogP contribution in [0.4, 0.5) is 13.2 Å². The van der Waals surface area contributed by atoms with E-state index in [2.05, 4.69) is 15.0 Å². The lowest BCUT2D eigenvalue weighted by Gasteiger charge is -2.06. The molecule has 0 unspecified atom stereocenters. The van der Waals surface area contributed by atoms with Gasteiger partial charge in [0.25, 0.3) is 0 Å². The summed E-state index contributed by atoms with van der Waals surface area (Å²) in [7, 11) is -3.46. The molecule has 132 valence electrons. The van der Waals surface area contributed by atoms with Gasteiger partial charge < -0.3 is 4.98 Å². The Morgan fingerprint density at radius 2 is 1.96 bits per heavy atom. The van der Waals surface area contributed by atoms with E-state index >= 15 is 0 Å². The van der Waals surface area contributed by atoms with Crippen LogP contribution in [-0.4, -0.2) is 29.1 Å². The SMILES string of the molecule is CCS(=O)(=O)c1cccnc1Cc1nc2ccc(C(F)(F)F)cc2[nH]1. The lowest BCUT2D eigenvalue weighted by molar-refractivity contribution is -0.137. The maximum absolute atomic E-state index is 12.8. The molecular weight excluding hydrogens is 355 g/mol. The molecule has 0 aliphatic heterocycles. The van der Waals surface area contributed by atoms with Gasteiger partial charge in [0, 0.05) is 12.6 Å². The molecule has 9 heteroatoms. The van der Waals surface area contributed by atoms with Gasteiger partial charge in [-0.25, -0.2) is 13.4 Å². The topological polar surface area (TPSA) is 75.7 Å². The minimum Gasteiger partial charge on any atom is -0.342 e. The van der Waals surface area contributed by atoms with Gasteiger partial charge in [-0.3, -0.25) is 4.98 Å². The molecule has 0 aliphatic carbocycles. The number of H-pyrrole nitrogens is 1. The molecule has 0 amide bonds. The van der Waals surface area contributed by atoms with Gasteiger partial charge in [0.1, 0.15) is 5.82 Å². The fraction of sp³-hybridized carbons (Fsp3) is 0.250. The predicted molar refractivity (Wildman–Crippen MR) is 85.9 cm³/mol. The summed E-state index contributed by atoms with van der Waals surface area (Å²) in [5, 5.41) is 0. The van der Waals surface area contributed by atoms with Crippen LogP contribution in [0, 0.1) is 0 Å². The number of hydrogen-bond donors (Lipinski definition) is 1. The van der Waals surface area contributed by atoms with E-state index in [-0.39, 0.29) is 22.6 Å². The summed E-state index contributed by atoms with van der Waals surface area (Å²) in [6.45, 7) is 1.53. The molecular formula is C16H14F3N3O2S. The van der Waals surface area contributed by atoms with Crippen molar-refractivity contribution in [2.75, 3.05) is 5.75 Å². The quantitative estimate of drug-likeness (QED) is 0.765. The van der Waals surface area contributed by atoms with Crippen molar-refractivity contribution in [3.63, 3.8) is 0 Å². The summed E-state index contributed by atoms with van der Waals surface area (Å²) < 4.78 is 62.6. The Balaban J connectivity index is 2.00. The van der Waals surface area contributed by atoms with Crippen molar-refractivity contribution in [2.24, 2.45) is 0 Å². The molecule has 0 fully saturated rings. The highest BCUT2D eigenvalue weighted by molar-refractivity contribution is 7.91. The van der Waals surface area contributed by atoms with Crippen molar-refractivity contribution in [1.82, 2.24) is 15.0 Å². The van der Waals surface area contributed by atoms with Gasteiger partial charge in [0.05, 0.1) is 32.9 Å². The lowest BCUT2D eigenvalue weighted by atomic mass is 10.2. The third-order valence-electron chi connectivity index (χ3n) is 3.76. The first-order valence-electron chi connectivity index (χ1n) is 7.43. The highest BCUT2D eigenvalue weighted by atomic mass is 32.2. The van der Waals surface area contributed by atoms with E-state index < -0.39 is 21.6 Å². The van der Waals surface area contributed by atoms with Gasteiger partial charge in [0.2, 0.25) is 0 Å². The number of imidazole rings is 1. The summed E-state index contributed by atoms with van der Waals surface area (Å²) in [6, 6.07) is 6.21. The molecule has 0 atom stereocenters. The standard InChI is InChI=1S/C16H14F3N3O2S/c1-2-25(23,24)14-4-3-7-20-13(14)9-15-21-11-6-5-10(16(17,18)19)8-12(11)22-15/h3-8H,2,9H2,1H3,(H,21,22). The summed E-state index contributed by atoms with van der Waals surface area (Å²) in [5.74, 6) is 0.279. The van der Waals surface area contributed by atoms with Crippen molar-refractivity contribution in [3.8, 4) is 0 Å². The Morgan fingerprint density at radius 3 is 2.64 bits per heavy atom. The first-order chi connectivity index (χ1) is 11.7. The number of hydrogen-bond acceptors (Lipinski definition) is 4. The molecule has 0 aliphatic rings. The van der Waals surface area contributed by atoms with Crippen LogP contribution in [0.25, 0.3) is 11.0 Å². The molecule has 0 radical (unpaired) electrons. The van der Waals surface area contributed by atoms with Crippen LogP contribution >= 0.6 is 0 Å². The zero-order chi connectivity index (χ0) is 18.2. The average Bonchev–Trinajstić information content (AvgIpc) is 2.95. The van der Waals surface area contributed by atoms with Crippen molar-refractivity contribution < 1.29 is 21.6 Å². The number of aromatic amines is 1. The van der Waals surface area contributed by atoms with Gasteiger partial charge >= 0.3 is 6.18 Å². The second kappa shape index (κ2) is 6.14. The van der Waals surface area contributed by atoms with Gasteiger partial charge in [-0.15, -0.1) is 0 Å². The van der Waals surface area contributed by atoms with Crippen LogP contribution in [0.3, 0.4) is 0 Å². The Hall–Kier alpha value is -2.42. The number of nitrogens with one attached hydrogen (secondary N) is 1. The van der Waals surface area contributed by atoms with Crippen molar-refractivity contribution in [3.05, 3.63) is 53.6 Å². The number of pyridine rings is 1. The van der Waals surface area contributed by atoms with Crippen LogP contribution in [-0.2, 0) is 22.4 Å². The van der Waals surface area contributed by atoms with Gasteiger partial charge in [0.15, 0.2) is 9.84 Å². The molecule has 25 heavy (non-hydrogen) atoms.